The number of ether oxygens (including phenoxy) is 2. The van der Waals surface area contributed by atoms with Gasteiger partial charge in [-0.1, -0.05) is 12.5 Å². The summed E-state index contributed by atoms with van der Waals surface area (Å²) in [5, 5.41) is 2.95. The molecule has 0 spiro atoms. The van der Waals surface area contributed by atoms with Gasteiger partial charge in [0.1, 0.15) is 0 Å². The van der Waals surface area contributed by atoms with E-state index in [0.29, 0.717) is 18.0 Å². The lowest BCUT2D eigenvalue weighted by Gasteiger charge is -2.24. The molecular formula is C14H19NO3. The van der Waals surface area contributed by atoms with Crippen molar-refractivity contribution in [3.8, 4) is 11.5 Å². The van der Waals surface area contributed by atoms with E-state index in [9.17, 15) is 4.79 Å². The molecule has 2 rings (SSSR count). The molecule has 98 valence electrons. The molecule has 0 radical (unpaired) electrons. The number of rotatable bonds is 5. The van der Waals surface area contributed by atoms with Crippen molar-refractivity contribution in [3.05, 3.63) is 23.8 Å². The summed E-state index contributed by atoms with van der Waals surface area (Å²) in [5.41, 5.74) is 1.01. The van der Waals surface area contributed by atoms with E-state index in [0.717, 1.165) is 18.4 Å². The quantitative estimate of drug-likeness (QED) is 0.869. The minimum atomic E-state index is 0.163. The third-order valence-electron chi connectivity index (χ3n) is 3.39. The van der Waals surface area contributed by atoms with Crippen LogP contribution in [-0.4, -0.2) is 20.1 Å². The van der Waals surface area contributed by atoms with E-state index in [-0.39, 0.29) is 11.8 Å². The van der Waals surface area contributed by atoms with Crippen LogP contribution in [0, 0.1) is 5.92 Å². The van der Waals surface area contributed by atoms with Crippen molar-refractivity contribution in [2.24, 2.45) is 5.92 Å². The average molecular weight is 249 g/mol. The maximum absolute atomic E-state index is 11.7. The van der Waals surface area contributed by atoms with E-state index in [1.54, 1.807) is 14.2 Å². The van der Waals surface area contributed by atoms with Gasteiger partial charge in [-0.25, -0.2) is 0 Å². The summed E-state index contributed by atoms with van der Waals surface area (Å²) in [6.45, 7) is 0.537. The molecule has 0 unspecified atom stereocenters. The zero-order valence-electron chi connectivity index (χ0n) is 10.9. The summed E-state index contributed by atoms with van der Waals surface area (Å²) in [5.74, 6) is 1.78. The van der Waals surface area contributed by atoms with E-state index >= 15 is 0 Å². The molecule has 0 bridgehead atoms. The molecule has 0 atom stereocenters. The summed E-state index contributed by atoms with van der Waals surface area (Å²) in [4.78, 5) is 11.7. The van der Waals surface area contributed by atoms with Gasteiger partial charge in [-0.15, -0.1) is 0 Å². The van der Waals surface area contributed by atoms with Crippen molar-refractivity contribution in [2.75, 3.05) is 14.2 Å². The SMILES string of the molecule is COc1ccc(CNC(=O)C2CCC2)cc1OC. The first-order valence-corrected chi connectivity index (χ1v) is 6.23. The highest BCUT2D eigenvalue weighted by Crippen LogP contribution is 2.28. The van der Waals surface area contributed by atoms with Gasteiger partial charge in [-0.2, -0.15) is 0 Å². The molecule has 1 fully saturated rings. The zero-order chi connectivity index (χ0) is 13.0. The molecule has 0 saturated heterocycles. The Morgan fingerprint density at radius 3 is 2.56 bits per heavy atom. The van der Waals surface area contributed by atoms with E-state index in [1.165, 1.54) is 6.42 Å². The minimum Gasteiger partial charge on any atom is -0.493 e. The van der Waals surface area contributed by atoms with Crippen LogP contribution in [0.4, 0.5) is 0 Å². The van der Waals surface area contributed by atoms with Gasteiger partial charge in [0.15, 0.2) is 11.5 Å². The van der Waals surface area contributed by atoms with Crippen LogP contribution in [0.3, 0.4) is 0 Å². The Morgan fingerprint density at radius 2 is 2.00 bits per heavy atom. The van der Waals surface area contributed by atoms with Crippen LogP contribution < -0.4 is 14.8 Å². The van der Waals surface area contributed by atoms with Crippen molar-refractivity contribution in [1.29, 1.82) is 0 Å². The van der Waals surface area contributed by atoms with Crippen molar-refractivity contribution < 1.29 is 14.3 Å². The highest BCUT2D eigenvalue weighted by Gasteiger charge is 2.24. The van der Waals surface area contributed by atoms with Gasteiger partial charge in [0.25, 0.3) is 0 Å². The van der Waals surface area contributed by atoms with Gasteiger partial charge in [0.2, 0.25) is 5.91 Å². The monoisotopic (exact) mass is 249 g/mol. The number of carbonyl (C=O) groups excluding carboxylic acids is 1. The predicted molar refractivity (Wildman–Crippen MR) is 68.7 cm³/mol. The van der Waals surface area contributed by atoms with E-state index < -0.39 is 0 Å². The van der Waals surface area contributed by atoms with E-state index in [4.69, 9.17) is 9.47 Å². The number of amides is 1. The molecular weight excluding hydrogens is 230 g/mol. The first kappa shape index (κ1) is 12.7. The van der Waals surface area contributed by atoms with Gasteiger partial charge < -0.3 is 14.8 Å². The third-order valence-corrected chi connectivity index (χ3v) is 3.39. The van der Waals surface area contributed by atoms with Crippen molar-refractivity contribution >= 4 is 5.91 Å². The van der Waals surface area contributed by atoms with E-state index in [2.05, 4.69) is 5.32 Å². The molecule has 0 aromatic heterocycles. The predicted octanol–water partition coefficient (Wildman–Crippen LogP) is 2.12. The maximum atomic E-state index is 11.7. The lowest BCUT2D eigenvalue weighted by molar-refractivity contribution is -0.127. The fraction of sp³-hybridized carbons (Fsp3) is 0.500. The molecule has 1 aliphatic rings. The van der Waals surface area contributed by atoms with Crippen molar-refractivity contribution in [1.82, 2.24) is 5.32 Å². The molecule has 1 N–H and O–H groups in total. The van der Waals surface area contributed by atoms with Gasteiger partial charge in [-0.3, -0.25) is 4.79 Å². The third kappa shape index (κ3) is 2.75. The Hall–Kier alpha value is -1.71. The Balaban J connectivity index is 1.94. The Labute approximate surface area is 107 Å². The topological polar surface area (TPSA) is 47.6 Å². The van der Waals surface area contributed by atoms with Crippen LogP contribution in [0.15, 0.2) is 18.2 Å². The van der Waals surface area contributed by atoms with Gasteiger partial charge in [0.05, 0.1) is 14.2 Å². The first-order valence-electron chi connectivity index (χ1n) is 6.23. The Morgan fingerprint density at radius 1 is 1.28 bits per heavy atom. The van der Waals surface area contributed by atoms with E-state index in [1.807, 2.05) is 18.2 Å². The molecule has 1 saturated carbocycles. The molecule has 1 aliphatic carbocycles. The normalized spacial score (nSPS) is 14.8. The van der Waals surface area contributed by atoms with Crippen LogP contribution in [0.25, 0.3) is 0 Å². The largest absolute Gasteiger partial charge is 0.493 e. The van der Waals surface area contributed by atoms with Crippen LogP contribution in [0.5, 0.6) is 11.5 Å². The van der Waals surface area contributed by atoms with Crippen molar-refractivity contribution in [3.63, 3.8) is 0 Å². The fourth-order valence-electron chi connectivity index (χ4n) is 1.99. The van der Waals surface area contributed by atoms with Crippen LogP contribution in [0.2, 0.25) is 0 Å². The molecule has 0 aliphatic heterocycles. The summed E-state index contributed by atoms with van der Waals surface area (Å²) < 4.78 is 10.4. The lowest BCUT2D eigenvalue weighted by atomic mass is 9.85. The molecule has 1 aromatic rings. The highest BCUT2D eigenvalue weighted by atomic mass is 16.5. The summed E-state index contributed by atoms with van der Waals surface area (Å²) in [6, 6.07) is 5.67. The first-order chi connectivity index (χ1) is 8.74. The molecule has 4 heteroatoms. The average Bonchev–Trinajstić information content (AvgIpc) is 2.33. The van der Waals surface area contributed by atoms with Crippen molar-refractivity contribution in [2.45, 2.75) is 25.8 Å². The number of benzene rings is 1. The number of carbonyl (C=O) groups is 1. The summed E-state index contributed by atoms with van der Waals surface area (Å²) >= 11 is 0. The molecule has 4 nitrogen and oxygen atoms in total. The smallest absolute Gasteiger partial charge is 0.223 e. The van der Waals surface area contributed by atoms with Crippen LogP contribution >= 0.6 is 0 Å². The second kappa shape index (κ2) is 5.76. The lowest BCUT2D eigenvalue weighted by Crippen LogP contribution is -2.33. The molecule has 0 heterocycles. The molecule has 1 amide bonds. The Kier molecular flexibility index (Phi) is 4.07. The number of nitrogens with one attached hydrogen (secondary N) is 1. The molecule has 18 heavy (non-hydrogen) atoms. The van der Waals surface area contributed by atoms with Crippen LogP contribution in [0.1, 0.15) is 24.8 Å². The number of hydrogen-bond acceptors (Lipinski definition) is 3. The molecule has 1 aromatic carbocycles. The standard InChI is InChI=1S/C14H19NO3/c1-17-12-7-6-10(8-13(12)18-2)9-15-14(16)11-4-3-5-11/h6-8,11H,3-5,9H2,1-2H3,(H,15,16). The number of hydrogen-bond donors (Lipinski definition) is 1. The number of methoxy groups -OCH3 is 2. The maximum Gasteiger partial charge on any atom is 0.223 e. The van der Waals surface area contributed by atoms with Gasteiger partial charge in [0, 0.05) is 12.5 Å². The zero-order valence-corrected chi connectivity index (χ0v) is 10.9. The Bertz CT molecular complexity index is 427. The minimum absolute atomic E-state index is 0.163. The van der Waals surface area contributed by atoms with Crippen LogP contribution in [-0.2, 0) is 11.3 Å². The highest BCUT2D eigenvalue weighted by molar-refractivity contribution is 5.79. The van der Waals surface area contributed by atoms with Gasteiger partial charge >= 0.3 is 0 Å². The fourth-order valence-corrected chi connectivity index (χ4v) is 1.99. The summed E-state index contributed by atoms with van der Waals surface area (Å²) in [7, 11) is 3.21. The second-order valence-corrected chi connectivity index (χ2v) is 4.53. The second-order valence-electron chi connectivity index (χ2n) is 4.53. The summed E-state index contributed by atoms with van der Waals surface area (Å²) in [6.07, 6.45) is 3.23. The van der Waals surface area contributed by atoms with Gasteiger partial charge in [-0.05, 0) is 30.5 Å².